The molecule has 5 rings (SSSR count). The van der Waals surface area contributed by atoms with Crippen LogP contribution in [0.5, 0.6) is 0 Å². The Labute approximate surface area is 213 Å². The van der Waals surface area contributed by atoms with Gasteiger partial charge >= 0.3 is 5.97 Å². The van der Waals surface area contributed by atoms with Gasteiger partial charge in [0.25, 0.3) is 10.9 Å². The van der Waals surface area contributed by atoms with Crippen LogP contribution in [0.1, 0.15) is 37.3 Å². The molecule has 36 heavy (non-hydrogen) atoms. The van der Waals surface area contributed by atoms with Gasteiger partial charge in [0, 0.05) is 22.5 Å². The van der Waals surface area contributed by atoms with Gasteiger partial charge in [0.05, 0.1) is 26.4 Å². The van der Waals surface area contributed by atoms with E-state index in [1.165, 1.54) is 19.1 Å². The van der Waals surface area contributed by atoms with E-state index in [1.54, 1.807) is 0 Å². The van der Waals surface area contributed by atoms with Gasteiger partial charge < -0.3 is 24.5 Å². The highest BCUT2D eigenvalue weighted by molar-refractivity contribution is 7.97. The van der Waals surface area contributed by atoms with Crippen molar-refractivity contribution in [2.75, 3.05) is 37.5 Å². The Bertz CT molecular complexity index is 1340. The number of nitrogens with one attached hydrogen (secondary N) is 2. The summed E-state index contributed by atoms with van der Waals surface area (Å²) in [6.07, 6.45) is 1.68. The number of hydrogen-bond donors (Lipinski definition) is 2. The molecule has 2 atom stereocenters. The number of hydrogen-bond acceptors (Lipinski definition) is 10. The summed E-state index contributed by atoms with van der Waals surface area (Å²) in [7, 11) is 1.40. The fourth-order valence-corrected chi connectivity index (χ4v) is 5.84. The summed E-state index contributed by atoms with van der Waals surface area (Å²) in [5.74, 6) is 1.23. The Morgan fingerprint density at radius 2 is 1.97 bits per heavy atom. The fourth-order valence-electron chi connectivity index (χ4n) is 4.71. The first-order valence-electron chi connectivity index (χ1n) is 11.9. The standard InChI is InChI=1S/C26H29N3O6S/c1-15-9-10-19(35-15)24(26(2)13-34-14-26)28-21-20(22(30)23(21)31)27-16-6-4-7-17(12-16)36-29-11-5-8-18(29)25(32)33-3/h4,6-7,9-10,12,18,24,27-28H,5,8,11,13-14H2,1-3H3. The number of methoxy groups -OCH3 is 1. The van der Waals surface area contributed by atoms with E-state index < -0.39 is 10.9 Å². The largest absolute Gasteiger partial charge is 0.468 e. The minimum Gasteiger partial charge on any atom is -0.468 e. The third-order valence-corrected chi connectivity index (χ3v) is 7.94. The minimum atomic E-state index is -0.565. The molecule has 1 aromatic heterocycles. The Balaban J connectivity index is 1.35. The molecule has 2 aromatic carbocycles. The highest BCUT2D eigenvalue weighted by atomic mass is 32.2. The van der Waals surface area contributed by atoms with Crippen LogP contribution in [-0.4, -0.2) is 43.2 Å². The summed E-state index contributed by atoms with van der Waals surface area (Å²) >= 11 is 1.48. The summed E-state index contributed by atoms with van der Waals surface area (Å²) in [5, 5.41) is 6.41. The van der Waals surface area contributed by atoms with Crippen LogP contribution < -0.4 is 21.5 Å². The summed E-state index contributed by atoms with van der Waals surface area (Å²) in [5.41, 5.74) is -0.247. The summed E-state index contributed by atoms with van der Waals surface area (Å²) in [6.45, 7) is 5.75. The molecular weight excluding hydrogens is 482 g/mol. The maximum atomic E-state index is 12.6. The molecule has 0 saturated carbocycles. The fraction of sp³-hybridized carbons (Fsp3) is 0.423. The lowest BCUT2D eigenvalue weighted by Crippen LogP contribution is -2.49. The number of carbonyl (C=O) groups is 1. The molecule has 0 spiro atoms. The van der Waals surface area contributed by atoms with Crippen LogP contribution >= 0.6 is 11.9 Å². The number of rotatable bonds is 9. The first-order chi connectivity index (χ1) is 17.3. The van der Waals surface area contributed by atoms with Crippen LogP contribution in [0.15, 0.2) is 55.3 Å². The highest BCUT2D eigenvalue weighted by Crippen LogP contribution is 2.43. The Hall–Kier alpha value is -3.08. The van der Waals surface area contributed by atoms with Crippen molar-refractivity contribution in [2.24, 2.45) is 5.41 Å². The maximum Gasteiger partial charge on any atom is 0.323 e. The lowest BCUT2D eigenvalue weighted by molar-refractivity contribution is -0.144. The van der Waals surface area contributed by atoms with Gasteiger partial charge in [-0.15, -0.1) is 0 Å². The second-order valence-corrected chi connectivity index (χ2v) is 10.8. The molecule has 10 heteroatoms. The number of aryl methyl sites for hydroxylation is 1. The number of carbonyl (C=O) groups excluding carboxylic acids is 1. The van der Waals surface area contributed by atoms with Gasteiger partial charge in [0.15, 0.2) is 0 Å². The molecule has 2 saturated heterocycles. The van der Waals surface area contributed by atoms with Gasteiger partial charge in [-0.1, -0.05) is 13.0 Å². The Morgan fingerprint density at radius 1 is 1.19 bits per heavy atom. The van der Waals surface area contributed by atoms with Crippen molar-refractivity contribution in [1.29, 1.82) is 0 Å². The van der Waals surface area contributed by atoms with Gasteiger partial charge in [-0.05, 0) is 62.0 Å². The molecule has 2 aliphatic rings. The SMILES string of the molecule is COC(=O)C1CCCN1Sc1cccc(Nc2c(NC(c3ccc(C)o3)C3(C)COC3)c(=O)c2=O)c1. The minimum absolute atomic E-state index is 0.230. The summed E-state index contributed by atoms with van der Waals surface area (Å²) in [6, 6.07) is 10.7. The smallest absolute Gasteiger partial charge is 0.323 e. The molecule has 2 aliphatic heterocycles. The van der Waals surface area contributed by atoms with Crippen molar-refractivity contribution in [3.05, 3.63) is 68.4 Å². The van der Waals surface area contributed by atoms with E-state index in [4.69, 9.17) is 13.9 Å². The molecule has 0 radical (unpaired) electrons. The van der Waals surface area contributed by atoms with Crippen molar-refractivity contribution in [3.8, 4) is 0 Å². The van der Waals surface area contributed by atoms with E-state index in [-0.39, 0.29) is 34.8 Å². The zero-order chi connectivity index (χ0) is 25.4. The molecule has 9 nitrogen and oxygen atoms in total. The molecule has 0 aliphatic carbocycles. The molecular formula is C26H29N3O6S. The van der Waals surface area contributed by atoms with Gasteiger partial charge in [-0.25, -0.2) is 4.31 Å². The number of ether oxygens (including phenoxy) is 2. The molecule has 3 aromatic rings. The Kier molecular flexibility index (Phi) is 6.67. The van der Waals surface area contributed by atoms with E-state index in [1.807, 2.05) is 47.6 Å². The quantitative estimate of drug-likeness (QED) is 0.250. The van der Waals surface area contributed by atoms with E-state index in [0.717, 1.165) is 30.0 Å². The second-order valence-electron chi connectivity index (χ2n) is 9.65. The predicted molar refractivity (Wildman–Crippen MR) is 137 cm³/mol. The number of esters is 1. The lowest BCUT2D eigenvalue weighted by atomic mass is 9.79. The second kappa shape index (κ2) is 9.76. The van der Waals surface area contributed by atoms with E-state index in [0.29, 0.717) is 24.7 Å². The average Bonchev–Trinajstić information content (AvgIpc) is 3.50. The first kappa shape index (κ1) is 24.6. The molecule has 0 amide bonds. The lowest BCUT2D eigenvalue weighted by Gasteiger charge is -2.44. The third kappa shape index (κ3) is 4.56. The number of benzene rings is 1. The van der Waals surface area contributed by atoms with Crippen molar-refractivity contribution in [2.45, 2.75) is 43.7 Å². The van der Waals surface area contributed by atoms with Crippen molar-refractivity contribution in [3.63, 3.8) is 0 Å². The highest BCUT2D eigenvalue weighted by Gasteiger charge is 2.45. The van der Waals surface area contributed by atoms with E-state index >= 15 is 0 Å². The monoisotopic (exact) mass is 511 g/mol. The number of nitrogens with zero attached hydrogens (tertiary/aromatic N) is 1. The predicted octanol–water partition coefficient (Wildman–Crippen LogP) is 3.76. The first-order valence-corrected chi connectivity index (χ1v) is 12.7. The van der Waals surface area contributed by atoms with Crippen LogP contribution in [0, 0.1) is 12.3 Å². The third-order valence-electron chi connectivity index (χ3n) is 6.81. The Morgan fingerprint density at radius 3 is 2.64 bits per heavy atom. The zero-order valence-electron chi connectivity index (χ0n) is 20.5. The van der Waals surface area contributed by atoms with Crippen molar-refractivity contribution >= 4 is 35.0 Å². The summed E-state index contributed by atoms with van der Waals surface area (Å²) in [4.78, 5) is 38.1. The average molecular weight is 512 g/mol. The van der Waals surface area contributed by atoms with Gasteiger partial charge in [-0.2, -0.15) is 0 Å². The van der Waals surface area contributed by atoms with E-state index in [2.05, 4.69) is 17.6 Å². The van der Waals surface area contributed by atoms with Crippen molar-refractivity contribution in [1.82, 2.24) is 4.31 Å². The van der Waals surface area contributed by atoms with Crippen LogP contribution in [0.4, 0.5) is 17.1 Å². The van der Waals surface area contributed by atoms with Crippen LogP contribution in [0.2, 0.25) is 0 Å². The zero-order valence-corrected chi connectivity index (χ0v) is 21.3. The molecule has 2 fully saturated rings. The molecule has 2 unspecified atom stereocenters. The van der Waals surface area contributed by atoms with Crippen LogP contribution in [0.3, 0.4) is 0 Å². The van der Waals surface area contributed by atoms with E-state index in [9.17, 15) is 14.4 Å². The molecule has 3 heterocycles. The van der Waals surface area contributed by atoms with Gasteiger partial charge in [0.2, 0.25) is 0 Å². The number of furan rings is 1. The van der Waals surface area contributed by atoms with Gasteiger partial charge in [0.1, 0.15) is 28.9 Å². The van der Waals surface area contributed by atoms with Crippen LogP contribution in [0.25, 0.3) is 0 Å². The maximum absolute atomic E-state index is 12.6. The van der Waals surface area contributed by atoms with Crippen LogP contribution in [-0.2, 0) is 14.3 Å². The molecule has 190 valence electrons. The van der Waals surface area contributed by atoms with Crippen molar-refractivity contribution < 1.29 is 18.7 Å². The molecule has 0 bridgehead atoms. The van der Waals surface area contributed by atoms with Gasteiger partial charge in [-0.3, -0.25) is 14.4 Å². The number of anilines is 3. The summed E-state index contributed by atoms with van der Waals surface area (Å²) < 4.78 is 18.3. The topological polar surface area (TPSA) is 110 Å². The molecule has 2 N–H and O–H groups in total. The normalized spacial score (nSPS) is 20.1.